The van der Waals surface area contributed by atoms with Gasteiger partial charge in [0.25, 0.3) is 0 Å². The van der Waals surface area contributed by atoms with E-state index in [4.69, 9.17) is 0 Å². The fourth-order valence-electron chi connectivity index (χ4n) is 7.49. The number of aliphatic hydroxyl groups excluding tert-OH is 1. The number of rotatable bonds is 0. The maximum absolute atomic E-state index is 10.5. The van der Waals surface area contributed by atoms with Crippen molar-refractivity contribution in [3.8, 4) is 0 Å². The summed E-state index contributed by atoms with van der Waals surface area (Å²) in [6, 6.07) is 0. The highest BCUT2D eigenvalue weighted by Crippen LogP contribution is 2.70. The Kier molecular flexibility index (Phi) is 2.76. The van der Waals surface area contributed by atoms with Gasteiger partial charge in [-0.25, -0.2) is 0 Å². The van der Waals surface area contributed by atoms with E-state index < -0.39 is 0 Å². The van der Waals surface area contributed by atoms with Crippen LogP contribution in [0.3, 0.4) is 0 Å². The molecule has 4 aliphatic carbocycles. The van der Waals surface area contributed by atoms with Crippen molar-refractivity contribution in [2.75, 3.05) is 0 Å². The maximum atomic E-state index is 10.5. The zero-order valence-electron chi connectivity index (χ0n) is 13.6. The van der Waals surface area contributed by atoms with Gasteiger partial charge in [0.15, 0.2) is 0 Å². The van der Waals surface area contributed by atoms with E-state index in [1.165, 1.54) is 44.9 Å². The Morgan fingerprint density at radius 1 is 0.905 bits per heavy atom. The molecule has 0 aromatic rings. The Balaban J connectivity index is 1.47. The molecule has 118 valence electrons. The number of fused-ring (bicyclic) bond motifs is 6. The van der Waals surface area contributed by atoms with Gasteiger partial charge in [-0.05, 0) is 85.9 Å². The van der Waals surface area contributed by atoms with Gasteiger partial charge in [-0.3, -0.25) is 0 Å². The highest BCUT2D eigenvalue weighted by atomic mass is 32.2. The second-order valence-electron chi connectivity index (χ2n) is 9.45. The van der Waals surface area contributed by atoms with Gasteiger partial charge in [0.1, 0.15) is 0 Å². The number of hydrogen-bond acceptors (Lipinski definition) is 2. The van der Waals surface area contributed by atoms with E-state index in [0.29, 0.717) is 5.41 Å². The van der Waals surface area contributed by atoms with Gasteiger partial charge in [-0.1, -0.05) is 13.8 Å². The van der Waals surface area contributed by atoms with E-state index in [2.05, 4.69) is 25.6 Å². The summed E-state index contributed by atoms with van der Waals surface area (Å²) >= 11 is 2.28. The van der Waals surface area contributed by atoms with Gasteiger partial charge >= 0.3 is 0 Å². The molecule has 1 N–H and O–H groups in total. The van der Waals surface area contributed by atoms with Crippen LogP contribution in [0.15, 0.2) is 0 Å². The molecule has 5 aliphatic rings. The third-order valence-corrected chi connectivity index (χ3v) is 10.3. The van der Waals surface area contributed by atoms with Crippen molar-refractivity contribution in [1.29, 1.82) is 0 Å². The van der Waals surface area contributed by atoms with E-state index in [-0.39, 0.29) is 11.5 Å². The lowest BCUT2D eigenvalue weighted by Crippen LogP contribution is -2.54. The topological polar surface area (TPSA) is 20.2 Å². The van der Waals surface area contributed by atoms with Crippen molar-refractivity contribution >= 4 is 11.8 Å². The lowest BCUT2D eigenvalue weighted by atomic mass is 9.45. The van der Waals surface area contributed by atoms with Crippen molar-refractivity contribution < 1.29 is 5.11 Å². The van der Waals surface area contributed by atoms with Crippen molar-refractivity contribution in [2.45, 2.75) is 81.8 Å². The fourth-order valence-corrected chi connectivity index (χ4v) is 8.86. The predicted molar refractivity (Wildman–Crippen MR) is 88.3 cm³/mol. The van der Waals surface area contributed by atoms with Crippen LogP contribution in [0.25, 0.3) is 0 Å². The number of hydrogen-bond donors (Lipinski definition) is 1. The molecule has 0 bridgehead atoms. The highest BCUT2D eigenvalue weighted by molar-refractivity contribution is 8.07. The van der Waals surface area contributed by atoms with Crippen LogP contribution in [0.5, 0.6) is 0 Å². The van der Waals surface area contributed by atoms with Crippen LogP contribution >= 0.6 is 11.8 Å². The van der Waals surface area contributed by atoms with Gasteiger partial charge < -0.3 is 5.11 Å². The van der Waals surface area contributed by atoms with Crippen LogP contribution in [-0.4, -0.2) is 21.7 Å². The summed E-state index contributed by atoms with van der Waals surface area (Å²) in [5.74, 6) is 3.75. The number of aliphatic hydroxyl groups is 1. The average Bonchev–Trinajstić information content (AvgIpc) is 3.12. The minimum atomic E-state index is -0.0105. The van der Waals surface area contributed by atoms with Crippen LogP contribution in [0, 0.1) is 34.5 Å². The lowest BCUT2D eigenvalue weighted by molar-refractivity contribution is -0.116. The first-order chi connectivity index (χ1) is 10.0. The first kappa shape index (κ1) is 13.7. The van der Waals surface area contributed by atoms with E-state index in [0.717, 1.165) is 40.6 Å². The molecule has 0 aromatic heterocycles. The Labute approximate surface area is 133 Å². The second kappa shape index (κ2) is 4.23. The van der Waals surface area contributed by atoms with Crippen LogP contribution < -0.4 is 0 Å². The highest BCUT2D eigenvalue weighted by Gasteiger charge is 2.63. The Morgan fingerprint density at radius 2 is 1.71 bits per heavy atom. The molecule has 21 heavy (non-hydrogen) atoms. The Hall–Kier alpha value is 0.310. The summed E-state index contributed by atoms with van der Waals surface area (Å²) in [7, 11) is 0. The Bertz CT molecular complexity index is 464. The summed E-state index contributed by atoms with van der Waals surface area (Å²) in [6.45, 7) is 5.07. The van der Waals surface area contributed by atoms with Gasteiger partial charge in [0, 0.05) is 10.5 Å². The molecule has 0 amide bonds. The van der Waals surface area contributed by atoms with Crippen LogP contribution in [0.1, 0.15) is 65.2 Å². The summed E-state index contributed by atoms with van der Waals surface area (Å²) in [5, 5.41) is 12.6. The third kappa shape index (κ3) is 1.70. The summed E-state index contributed by atoms with van der Waals surface area (Å²) in [4.78, 5) is 0. The largest absolute Gasteiger partial charge is 0.393 e. The van der Waals surface area contributed by atoms with E-state index >= 15 is 0 Å². The molecule has 5 rings (SSSR count). The molecule has 4 saturated carbocycles. The molecular weight excluding hydrogens is 276 g/mol. The molecule has 5 fully saturated rings. The molecule has 0 spiro atoms. The van der Waals surface area contributed by atoms with Crippen molar-refractivity contribution in [2.24, 2.45) is 34.5 Å². The summed E-state index contributed by atoms with van der Waals surface area (Å²) < 4.78 is 0. The van der Waals surface area contributed by atoms with Crippen LogP contribution in [0.4, 0.5) is 0 Å². The lowest BCUT2D eigenvalue weighted by Gasteiger charge is -2.60. The van der Waals surface area contributed by atoms with Gasteiger partial charge in [0.05, 0.1) is 6.10 Å². The zero-order valence-corrected chi connectivity index (χ0v) is 14.4. The predicted octanol–water partition coefficient (Wildman–Crippen LogP) is 4.48. The SMILES string of the molecule is C[C@@]12CC[C@@H]3[C@H](CC[C@@H]4C[C@H]5S[C@H]5C[C@]43C)[C@H]1CC[C@H]2O. The molecule has 2 heteroatoms. The minimum Gasteiger partial charge on any atom is -0.393 e. The van der Waals surface area contributed by atoms with Crippen molar-refractivity contribution in [1.82, 2.24) is 0 Å². The van der Waals surface area contributed by atoms with Crippen molar-refractivity contribution in [3.63, 3.8) is 0 Å². The number of thioether (sulfide) groups is 1. The van der Waals surface area contributed by atoms with Gasteiger partial charge in [0.2, 0.25) is 0 Å². The van der Waals surface area contributed by atoms with Crippen LogP contribution in [0.2, 0.25) is 0 Å². The molecular formula is C19H30OS. The molecule has 0 radical (unpaired) electrons. The standard InChI is InChI=1S/C19H30OS/c1-18-8-7-14-12(13(18)5-6-17(18)20)4-3-11-9-15-16(21-15)10-19(11,14)2/h11-17,20H,3-10H2,1-2H3/t11-,12-,13-,14-,15-,16+,17-,18-,19-/m1/s1. The first-order valence-electron chi connectivity index (χ1n) is 9.36. The van der Waals surface area contributed by atoms with Gasteiger partial charge in [-0.15, -0.1) is 0 Å². The minimum absolute atomic E-state index is 0.0105. The van der Waals surface area contributed by atoms with E-state index in [1.807, 2.05) is 0 Å². The first-order valence-corrected chi connectivity index (χ1v) is 10.3. The van der Waals surface area contributed by atoms with Crippen LogP contribution in [-0.2, 0) is 0 Å². The summed E-state index contributed by atoms with van der Waals surface area (Å²) in [5.41, 5.74) is 0.901. The summed E-state index contributed by atoms with van der Waals surface area (Å²) in [6.07, 6.45) is 11.1. The molecule has 1 heterocycles. The average molecular weight is 307 g/mol. The molecule has 1 nitrogen and oxygen atoms in total. The monoisotopic (exact) mass is 306 g/mol. The maximum Gasteiger partial charge on any atom is 0.0596 e. The molecule has 0 aromatic carbocycles. The van der Waals surface area contributed by atoms with Gasteiger partial charge in [-0.2, -0.15) is 11.8 Å². The quantitative estimate of drug-likeness (QED) is 0.666. The molecule has 1 aliphatic heterocycles. The second-order valence-corrected chi connectivity index (χ2v) is 10.9. The zero-order chi connectivity index (χ0) is 14.4. The normalized spacial score (nSPS) is 65.0. The Morgan fingerprint density at radius 3 is 2.57 bits per heavy atom. The van der Waals surface area contributed by atoms with E-state index in [9.17, 15) is 5.11 Å². The smallest absolute Gasteiger partial charge is 0.0596 e. The third-order valence-electron chi connectivity index (χ3n) is 8.86. The molecule has 1 saturated heterocycles. The molecule has 0 unspecified atom stereocenters. The molecule has 9 atom stereocenters. The van der Waals surface area contributed by atoms with E-state index in [1.54, 1.807) is 0 Å². The fraction of sp³-hybridized carbons (Fsp3) is 1.00. The van der Waals surface area contributed by atoms with Crippen molar-refractivity contribution in [3.05, 3.63) is 0 Å².